The minimum atomic E-state index is -1.04. The predicted molar refractivity (Wildman–Crippen MR) is 107 cm³/mol. The smallest absolute Gasteiger partial charge is 0.310 e. The van der Waals surface area contributed by atoms with Crippen molar-refractivity contribution in [2.24, 2.45) is 11.8 Å². The van der Waals surface area contributed by atoms with Crippen molar-refractivity contribution in [3.05, 3.63) is 12.2 Å². The van der Waals surface area contributed by atoms with Gasteiger partial charge in [0.05, 0.1) is 18.9 Å². The van der Waals surface area contributed by atoms with E-state index >= 15 is 0 Å². The van der Waals surface area contributed by atoms with Gasteiger partial charge in [0, 0.05) is 18.9 Å². The van der Waals surface area contributed by atoms with Crippen LogP contribution in [0.1, 0.15) is 51.1 Å². The quantitative estimate of drug-likeness (QED) is 0.625. The number of anilines is 1. The number of esters is 1. The maximum atomic E-state index is 11.7. The van der Waals surface area contributed by atoms with Gasteiger partial charge in [-0.25, -0.2) is 4.98 Å². The van der Waals surface area contributed by atoms with Gasteiger partial charge in [0.2, 0.25) is 5.82 Å². The Labute approximate surface area is 178 Å². The Morgan fingerprint density at radius 2 is 2.19 bits per heavy atom. The molecule has 1 saturated carbocycles. The van der Waals surface area contributed by atoms with E-state index in [0.717, 1.165) is 25.7 Å². The summed E-state index contributed by atoms with van der Waals surface area (Å²) in [4.78, 5) is 35.8. The van der Waals surface area contributed by atoms with Crippen molar-refractivity contribution >= 4 is 28.9 Å². The maximum absolute atomic E-state index is 11.7. The first-order chi connectivity index (χ1) is 15.0. The topological polar surface area (TPSA) is 152 Å². The summed E-state index contributed by atoms with van der Waals surface area (Å²) in [5.41, 5.74) is 1.01. The highest BCUT2D eigenvalue weighted by molar-refractivity contribution is 5.83. The highest BCUT2D eigenvalue weighted by Crippen LogP contribution is 2.35. The Kier molecular flexibility index (Phi) is 5.99. The molecule has 3 atom stereocenters. The molecular weight excluding hydrogens is 404 g/mol. The van der Waals surface area contributed by atoms with Crippen LogP contribution in [-0.4, -0.2) is 55.8 Å². The zero-order valence-electron chi connectivity index (χ0n) is 17.2. The average Bonchev–Trinajstić information content (AvgIpc) is 3.48. The standard InChI is InChI=1S/C20H24N6O5/c1-11(27)30-9-14(20(28)29)12-6-16(31-8-12)26-10-22-17-18(23-13-4-2-3-5-13)24-15(7-21)25-19(17)26/h10,12-14,16H,2-6,8-9H2,1H3,(H,28,29)(H,23,24,25). The number of hydrogen-bond donors (Lipinski definition) is 2. The molecule has 11 heteroatoms. The number of nitriles is 1. The summed E-state index contributed by atoms with van der Waals surface area (Å²) in [5.74, 6) is -2.21. The molecular formula is C20H24N6O5. The second-order valence-electron chi connectivity index (χ2n) is 7.99. The van der Waals surface area contributed by atoms with Gasteiger partial charge in [0.15, 0.2) is 17.0 Å². The molecule has 3 unspecified atom stereocenters. The lowest BCUT2D eigenvalue weighted by atomic mass is 9.92. The van der Waals surface area contributed by atoms with E-state index in [2.05, 4.69) is 20.3 Å². The second-order valence-corrected chi connectivity index (χ2v) is 7.99. The number of hydrogen-bond acceptors (Lipinski definition) is 9. The number of carbonyl (C=O) groups is 2. The summed E-state index contributed by atoms with van der Waals surface area (Å²) >= 11 is 0. The molecule has 2 aliphatic rings. The van der Waals surface area contributed by atoms with Crippen LogP contribution >= 0.6 is 0 Å². The van der Waals surface area contributed by atoms with Crippen LogP contribution in [0.15, 0.2) is 6.33 Å². The van der Waals surface area contributed by atoms with Crippen LogP contribution in [0.4, 0.5) is 5.82 Å². The molecule has 1 saturated heterocycles. The Balaban J connectivity index is 1.57. The third kappa shape index (κ3) is 4.44. The van der Waals surface area contributed by atoms with E-state index in [9.17, 15) is 20.0 Å². The van der Waals surface area contributed by atoms with Gasteiger partial charge in [-0.15, -0.1) is 0 Å². The summed E-state index contributed by atoms with van der Waals surface area (Å²) in [6, 6.07) is 2.28. The van der Waals surface area contributed by atoms with Gasteiger partial charge >= 0.3 is 11.9 Å². The van der Waals surface area contributed by atoms with Crippen molar-refractivity contribution < 1.29 is 24.2 Å². The molecule has 4 rings (SSSR count). The van der Waals surface area contributed by atoms with Crippen LogP contribution < -0.4 is 5.32 Å². The molecule has 1 aliphatic heterocycles. The minimum Gasteiger partial charge on any atom is -0.481 e. The van der Waals surface area contributed by atoms with Crippen molar-refractivity contribution in [3.8, 4) is 6.07 Å². The van der Waals surface area contributed by atoms with E-state index in [1.54, 1.807) is 10.9 Å². The number of nitrogens with zero attached hydrogens (tertiary/aromatic N) is 5. The average molecular weight is 428 g/mol. The van der Waals surface area contributed by atoms with Gasteiger partial charge in [-0.05, 0) is 19.3 Å². The van der Waals surface area contributed by atoms with Gasteiger partial charge in [0.1, 0.15) is 18.9 Å². The number of carboxylic acids is 1. The van der Waals surface area contributed by atoms with Crippen molar-refractivity contribution in [2.75, 3.05) is 18.5 Å². The van der Waals surface area contributed by atoms with Gasteiger partial charge < -0.3 is 19.9 Å². The van der Waals surface area contributed by atoms with Crippen LogP contribution in [0.3, 0.4) is 0 Å². The molecule has 164 valence electrons. The summed E-state index contributed by atoms with van der Waals surface area (Å²) in [5, 5.41) is 22.3. The Bertz CT molecular complexity index is 1020. The number of carbonyl (C=O) groups excluding carboxylic acids is 1. The molecule has 31 heavy (non-hydrogen) atoms. The molecule has 3 heterocycles. The maximum Gasteiger partial charge on any atom is 0.310 e. The third-order valence-electron chi connectivity index (χ3n) is 5.89. The van der Waals surface area contributed by atoms with Crippen LogP contribution in [0.25, 0.3) is 11.2 Å². The summed E-state index contributed by atoms with van der Waals surface area (Å²) in [6.45, 7) is 1.24. The van der Waals surface area contributed by atoms with Gasteiger partial charge in [-0.2, -0.15) is 15.2 Å². The predicted octanol–water partition coefficient (Wildman–Crippen LogP) is 1.85. The van der Waals surface area contributed by atoms with Crippen LogP contribution in [0.2, 0.25) is 0 Å². The fraction of sp³-hybridized carbons (Fsp3) is 0.600. The summed E-state index contributed by atoms with van der Waals surface area (Å²) in [6.07, 6.45) is 5.87. The first kappa shape index (κ1) is 21.0. The Morgan fingerprint density at radius 1 is 1.42 bits per heavy atom. The second kappa shape index (κ2) is 8.85. The molecule has 2 aromatic heterocycles. The zero-order valence-corrected chi connectivity index (χ0v) is 17.2. The first-order valence-corrected chi connectivity index (χ1v) is 10.3. The molecule has 1 aliphatic carbocycles. The summed E-state index contributed by atoms with van der Waals surface area (Å²) in [7, 11) is 0. The highest BCUT2D eigenvalue weighted by Gasteiger charge is 2.38. The number of imidazole rings is 1. The monoisotopic (exact) mass is 428 g/mol. The lowest BCUT2D eigenvalue weighted by molar-refractivity contribution is -0.151. The minimum absolute atomic E-state index is 0.0302. The first-order valence-electron chi connectivity index (χ1n) is 10.3. The zero-order chi connectivity index (χ0) is 22.0. The highest BCUT2D eigenvalue weighted by atomic mass is 16.5. The van der Waals surface area contributed by atoms with E-state index in [0.29, 0.717) is 29.4 Å². The SMILES string of the molecule is CC(=O)OCC(C(=O)O)C1COC(n2cnc3c(NC4CCCC4)nc(C#N)nc32)C1. The molecule has 0 aromatic carbocycles. The van der Waals surface area contributed by atoms with Gasteiger partial charge in [-0.1, -0.05) is 12.8 Å². The Hall–Kier alpha value is -3.26. The number of nitrogens with one attached hydrogen (secondary N) is 1. The van der Waals surface area contributed by atoms with Crippen molar-refractivity contribution in [2.45, 2.75) is 51.3 Å². The fourth-order valence-electron chi connectivity index (χ4n) is 4.26. The lowest BCUT2D eigenvalue weighted by Gasteiger charge is -2.18. The van der Waals surface area contributed by atoms with Crippen molar-refractivity contribution in [1.82, 2.24) is 19.5 Å². The molecule has 11 nitrogen and oxygen atoms in total. The van der Waals surface area contributed by atoms with Crippen LogP contribution in [-0.2, 0) is 19.1 Å². The largest absolute Gasteiger partial charge is 0.481 e. The fourth-order valence-corrected chi connectivity index (χ4v) is 4.26. The van der Waals surface area contributed by atoms with E-state index in [-0.39, 0.29) is 25.0 Å². The number of rotatable bonds is 7. The summed E-state index contributed by atoms with van der Waals surface area (Å²) < 4.78 is 12.5. The number of carboxylic acid groups (broad SMARTS) is 1. The van der Waals surface area contributed by atoms with E-state index in [1.807, 2.05) is 6.07 Å². The number of ether oxygens (including phenoxy) is 2. The van der Waals surface area contributed by atoms with Gasteiger partial charge in [-0.3, -0.25) is 14.2 Å². The van der Waals surface area contributed by atoms with Crippen LogP contribution in [0, 0.1) is 23.2 Å². The molecule has 2 N–H and O–H groups in total. The van der Waals surface area contributed by atoms with Gasteiger partial charge in [0.25, 0.3) is 0 Å². The van der Waals surface area contributed by atoms with E-state index in [1.165, 1.54) is 6.92 Å². The lowest BCUT2D eigenvalue weighted by Crippen LogP contribution is -2.29. The molecule has 0 spiro atoms. The normalized spacial score (nSPS) is 22.3. The molecule has 0 bridgehead atoms. The Morgan fingerprint density at radius 3 is 2.87 bits per heavy atom. The van der Waals surface area contributed by atoms with E-state index in [4.69, 9.17) is 9.47 Å². The van der Waals surface area contributed by atoms with Crippen molar-refractivity contribution in [1.29, 1.82) is 5.26 Å². The molecule has 2 fully saturated rings. The molecule has 0 radical (unpaired) electrons. The number of aromatic nitrogens is 4. The number of aliphatic carboxylic acids is 1. The van der Waals surface area contributed by atoms with Crippen LogP contribution in [0.5, 0.6) is 0 Å². The van der Waals surface area contributed by atoms with E-state index < -0.39 is 24.1 Å². The third-order valence-corrected chi connectivity index (χ3v) is 5.89. The molecule has 0 amide bonds. The number of fused-ring (bicyclic) bond motifs is 1. The van der Waals surface area contributed by atoms with Crippen molar-refractivity contribution in [3.63, 3.8) is 0 Å². The molecule has 2 aromatic rings.